The van der Waals surface area contributed by atoms with Crippen molar-refractivity contribution in [3.63, 3.8) is 0 Å². The quantitative estimate of drug-likeness (QED) is 0.655. The van der Waals surface area contributed by atoms with Gasteiger partial charge in [0.1, 0.15) is 0 Å². The number of aliphatic hydroxyl groups excluding tert-OH is 1. The average molecular weight is 200 g/mol. The Balaban J connectivity index is 2.14. The molecule has 0 saturated heterocycles. The molecule has 0 heterocycles. The van der Waals surface area contributed by atoms with Gasteiger partial charge >= 0.3 is 0 Å². The van der Waals surface area contributed by atoms with Crippen LogP contribution < -0.4 is 5.32 Å². The fourth-order valence-corrected chi connectivity index (χ4v) is 1.84. The van der Waals surface area contributed by atoms with Crippen LogP contribution in [0.5, 0.6) is 0 Å². The second-order valence-electron chi connectivity index (χ2n) is 4.01. The number of amides is 1. The number of carbonyl (C=O) groups is 1. The van der Waals surface area contributed by atoms with Gasteiger partial charge in [-0.2, -0.15) is 0 Å². The highest BCUT2D eigenvalue weighted by Gasteiger charge is 2.17. The zero-order chi connectivity index (χ0) is 10.4. The van der Waals surface area contributed by atoms with Gasteiger partial charge in [0, 0.05) is 12.6 Å². The number of likely N-dealkylation sites (N-methyl/N-ethyl adjacent to an activating group) is 1. The monoisotopic (exact) mass is 200 g/mol. The van der Waals surface area contributed by atoms with Crippen molar-refractivity contribution in [3.8, 4) is 0 Å². The van der Waals surface area contributed by atoms with Crippen molar-refractivity contribution in [2.75, 3.05) is 26.7 Å². The summed E-state index contributed by atoms with van der Waals surface area (Å²) in [5, 5.41) is 11.7. The van der Waals surface area contributed by atoms with Crippen LogP contribution >= 0.6 is 0 Å². The van der Waals surface area contributed by atoms with Crippen LogP contribution in [0, 0.1) is 0 Å². The van der Waals surface area contributed by atoms with E-state index in [1.54, 1.807) is 0 Å². The van der Waals surface area contributed by atoms with Gasteiger partial charge in [-0.15, -0.1) is 0 Å². The zero-order valence-corrected chi connectivity index (χ0v) is 8.83. The molecule has 0 unspecified atom stereocenters. The SMILES string of the molecule is CN(CCO)CC(=O)NC1CCCC1. The van der Waals surface area contributed by atoms with Crippen molar-refractivity contribution < 1.29 is 9.90 Å². The van der Waals surface area contributed by atoms with Gasteiger partial charge in [-0.3, -0.25) is 9.69 Å². The molecule has 0 aromatic carbocycles. The van der Waals surface area contributed by atoms with Gasteiger partial charge in [-0.05, 0) is 19.9 Å². The fraction of sp³-hybridized carbons (Fsp3) is 0.900. The van der Waals surface area contributed by atoms with Gasteiger partial charge in [-0.25, -0.2) is 0 Å². The molecule has 82 valence electrons. The van der Waals surface area contributed by atoms with Crippen LogP contribution in [0.25, 0.3) is 0 Å². The zero-order valence-electron chi connectivity index (χ0n) is 8.83. The van der Waals surface area contributed by atoms with Gasteiger partial charge in [0.05, 0.1) is 13.2 Å². The number of carbonyl (C=O) groups excluding carboxylic acids is 1. The summed E-state index contributed by atoms with van der Waals surface area (Å²) >= 11 is 0. The molecule has 14 heavy (non-hydrogen) atoms. The molecule has 4 nitrogen and oxygen atoms in total. The highest BCUT2D eigenvalue weighted by molar-refractivity contribution is 5.78. The Morgan fingerprint density at radius 3 is 2.71 bits per heavy atom. The Labute approximate surface area is 85.3 Å². The van der Waals surface area contributed by atoms with Gasteiger partial charge < -0.3 is 10.4 Å². The Hall–Kier alpha value is -0.610. The first-order chi connectivity index (χ1) is 6.72. The molecule has 1 fully saturated rings. The van der Waals surface area contributed by atoms with E-state index in [0.29, 0.717) is 19.1 Å². The van der Waals surface area contributed by atoms with Gasteiger partial charge in [0.25, 0.3) is 0 Å². The van der Waals surface area contributed by atoms with E-state index >= 15 is 0 Å². The van der Waals surface area contributed by atoms with E-state index < -0.39 is 0 Å². The first-order valence-corrected chi connectivity index (χ1v) is 5.31. The number of aliphatic hydroxyl groups is 1. The van der Waals surface area contributed by atoms with Crippen molar-refractivity contribution in [2.24, 2.45) is 0 Å². The largest absolute Gasteiger partial charge is 0.395 e. The number of nitrogens with zero attached hydrogens (tertiary/aromatic N) is 1. The van der Waals surface area contributed by atoms with Crippen LogP contribution in [0.1, 0.15) is 25.7 Å². The first-order valence-electron chi connectivity index (χ1n) is 5.31. The topological polar surface area (TPSA) is 52.6 Å². The molecule has 0 aromatic heterocycles. The minimum atomic E-state index is 0.0767. The summed E-state index contributed by atoms with van der Waals surface area (Å²) in [4.78, 5) is 13.3. The van der Waals surface area contributed by atoms with Crippen LogP contribution in [-0.4, -0.2) is 48.7 Å². The second-order valence-corrected chi connectivity index (χ2v) is 4.01. The fourth-order valence-electron chi connectivity index (χ4n) is 1.84. The van der Waals surface area contributed by atoms with Gasteiger partial charge in [-0.1, -0.05) is 12.8 Å². The molecule has 0 aromatic rings. The lowest BCUT2D eigenvalue weighted by Crippen LogP contribution is -2.40. The maximum atomic E-state index is 11.4. The normalized spacial score (nSPS) is 17.6. The highest BCUT2D eigenvalue weighted by Crippen LogP contribution is 2.17. The Kier molecular flexibility index (Phi) is 4.90. The third-order valence-electron chi connectivity index (χ3n) is 2.62. The molecule has 0 bridgehead atoms. The number of rotatable bonds is 5. The number of nitrogens with one attached hydrogen (secondary N) is 1. The maximum Gasteiger partial charge on any atom is 0.234 e. The molecule has 1 rings (SSSR count). The van der Waals surface area contributed by atoms with Gasteiger partial charge in [0.2, 0.25) is 5.91 Å². The molecular formula is C10H20N2O2. The molecule has 4 heteroatoms. The second kappa shape index (κ2) is 5.98. The van der Waals surface area contributed by atoms with Crippen LogP contribution in [0.4, 0.5) is 0 Å². The van der Waals surface area contributed by atoms with Crippen molar-refractivity contribution in [1.29, 1.82) is 0 Å². The lowest BCUT2D eigenvalue weighted by Gasteiger charge is -2.17. The first kappa shape index (κ1) is 11.5. The summed E-state index contributed by atoms with van der Waals surface area (Å²) in [6.07, 6.45) is 4.71. The molecule has 0 aliphatic heterocycles. The molecule has 0 atom stereocenters. The van der Waals surface area contributed by atoms with E-state index in [9.17, 15) is 4.79 Å². The lowest BCUT2D eigenvalue weighted by atomic mass is 10.2. The summed E-state index contributed by atoms with van der Waals surface area (Å²) < 4.78 is 0. The summed E-state index contributed by atoms with van der Waals surface area (Å²) in [5.74, 6) is 0.0767. The minimum Gasteiger partial charge on any atom is -0.395 e. The summed E-state index contributed by atoms with van der Waals surface area (Å²) in [6, 6.07) is 0.394. The molecule has 0 radical (unpaired) electrons. The van der Waals surface area contributed by atoms with E-state index in [1.165, 1.54) is 12.8 Å². The van der Waals surface area contributed by atoms with Crippen LogP contribution in [-0.2, 0) is 4.79 Å². The third kappa shape index (κ3) is 4.07. The van der Waals surface area contributed by atoms with Crippen LogP contribution in [0.2, 0.25) is 0 Å². The molecule has 2 N–H and O–H groups in total. The summed E-state index contributed by atoms with van der Waals surface area (Å²) in [5.41, 5.74) is 0. The summed E-state index contributed by atoms with van der Waals surface area (Å²) in [7, 11) is 1.84. The average Bonchev–Trinajstić information content (AvgIpc) is 2.56. The van der Waals surface area contributed by atoms with Crippen molar-refractivity contribution in [3.05, 3.63) is 0 Å². The van der Waals surface area contributed by atoms with Crippen molar-refractivity contribution >= 4 is 5.91 Å². The molecule has 1 aliphatic rings. The molecule has 1 saturated carbocycles. The predicted molar refractivity (Wildman–Crippen MR) is 55.0 cm³/mol. The molecule has 1 aliphatic carbocycles. The number of hydrogen-bond donors (Lipinski definition) is 2. The third-order valence-corrected chi connectivity index (χ3v) is 2.62. The van der Waals surface area contributed by atoms with E-state index in [-0.39, 0.29) is 12.5 Å². The van der Waals surface area contributed by atoms with Crippen molar-refractivity contribution in [2.45, 2.75) is 31.7 Å². The van der Waals surface area contributed by atoms with Crippen LogP contribution in [0.3, 0.4) is 0 Å². The van der Waals surface area contributed by atoms with E-state index in [2.05, 4.69) is 5.32 Å². The molecule has 1 amide bonds. The molecular weight excluding hydrogens is 180 g/mol. The highest BCUT2D eigenvalue weighted by atomic mass is 16.3. The smallest absolute Gasteiger partial charge is 0.234 e. The number of hydrogen-bond acceptors (Lipinski definition) is 3. The summed E-state index contributed by atoms with van der Waals surface area (Å²) in [6.45, 7) is 1.04. The van der Waals surface area contributed by atoms with E-state index in [1.807, 2.05) is 11.9 Å². The Morgan fingerprint density at radius 1 is 1.50 bits per heavy atom. The molecule has 0 spiro atoms. The Bertz CT molecular complexity index is 179. The van der Waals surface area contributed by atoms with Crippen molar-refractivity contribution in [1.82, 2.24) is 10.2 Å². The van der Waals surface area contributed by atoms with E-state index in [0.717, 1.165) is 12.8 Å². The predicted octanol–water partition coefficient (Wildman–Crippen LogP) is -0.0307. The lowest BCUT2D eigenvalue weighted by molar-refractivity contribution is -0.122. The van der Waals surface area contributed by atoms with Crippen LogP contribution in [0.15, 0.2) is 0 Å². The van der Waals surface area contributed by atoms with E-state index in [4.69, 9.17) is 5.11 Å². The van der Waals surface area contributed by atoms with Gasteiger partial charge in [0.15, 0.2) is 0 Å². The Morgan fingerprint density at radius 2 is 2.14 bits per heavy atom. The minimum absolute atomic E-state index is 0.0767. The standard InChI is InChI=1S/C10H20N2O2/c1-12(6-7-13)8-10(14)11-9-4-2-3-5-9/h9,13H,2-8H2,1H3,(H,11,14). The maximum absolute atomic E-state index is 11.4.